The molecule has 4 nitrogen and oxygen atoms in total. The van der Waals surface area contributed by atoms with Gasteiger partial charge in [-0.25, -0.2) is 0 Å². The van der Waals surface area contributed by atoms with Gasteiger partial charge in [0.1, 0.15) is 23.0 Å². The summed E-state index contributed by atoms with van der Waals surface area (Å²) in [6, 6.07) is 55.8. The van der Waals surface area contributed by atoms with Crippen LogP contribution in [0.4, 0.5) is 0 Å². The molecule has 0 fully saturated rings. The normalized spacial score (nSPS) is 9.44. The number of benzene rings is 7. The van der Waals surface area contributed by atoms with Gasteiger partial charge < -0.3 is 20.4 Å². The monoisotopic (exact) mass is 738 g/mol. The first-order valence-corrected chi connectivity index (χ1v) is 19.5. The first-order chi connectivity index (χ1) is 26.9. The van der Waals surface area contributed by atoms with E-state index in [2.05, 4.69) is 67.6 Å². The van der Waals surface area contributed by atoms with Gasteiger partial charge in [0.2, 0.25) is 0 Å². The highest BCUT2D eigenvalue weighted by atomic mass is 16.3. The highest BCUT2D eigenvalue weighted by Crippen LogP contribution is 2.33. The lowest BCUT2D eigenvalue weighted by Crippen LogP contribution is -2.02. The topological polar surface area (TPSA) is 80.9 Å². The summed E-state index contributed by atoms with van der Waals surface area (Å²) in [5.74, 6) is 1.41. The Morgan fingerprint density at radius 1 is 0.273 bits per heavy atom. The largest absolute Gasteiger partial charge is 0.508 e. The van der Waals surface area contributed by atoms with Gasteiger partial charge in [-0.05, 0) is 87.1 Å². The Morgan fingerprint density at radius 3 is 0.764 bits per heavy atom. The van der Waals surface area contributed by atoms with Gasteiger partial charge in [0.15, 0.2) is 0 Å². The number of phenolic OH excluding ortho intramolecular Hbond substituents is 4. The van der Waals surface area contributed by atoms with E-state index in [1.807, 2.05) is 122 Å². The lowest BCUT2D eigenvalue weighted by molar-refractivity contribution is 0.474. The van der Waals surface area contributed by atoms with Crippen molar-refractivity contribution in [3.05, 3.63) is 204 Å². The Bertz CT molecular complexity index is 1790. The summed E-state index contributed by atoms with van der Waals surface area (Å²) in [5, 5.41) is 40.0. The van der Waals surface area contributed by atoms with Crippen LogP contribution in [0, 0.1) is 0 Å². The molecule has 0 unspecified atom stereocenters. The molecule has 0 saturated heterocycles. The summed E-state index contributed by atoms with van der Waals surface area (Å²) in [6.07, 6.45) is 0. The van der Waals surface area contributed by atoms with Crippen molar-refractivity contribution >= 4 is 10.8 Å². The van der Waals surface area contributed by atoms with Crippen LogP contribution in [-0.4, -0.2) is 20.4 Å². The molecule has 0 aliphatic heterocycles. The Morgan fingerprint density at radius 2 is 0.491 bits per heavy atom. The summed E-state index contributed by atoms with van der Waals surface area (Å²) in [6.45, 7) is 18.1. The molecule has 0 atom stereocenters. The molecule has 0 bridgehead atoms. The summed E-state index contributed by atoms with van der Waals surface area (Å²) >= 11 is 0. The maximum atomic E-state index is 9.48. The molecule has 0 amide bonds. The smallest absolute Gasteiger partial charge is 0.115 e. The zero-order valence-electron chi connectivity index (χ0n) is 34.2. The second-order valence-electron chi connectivity index (χ2n) is 11.3. The average Bonchev–Trinajstić information content (AvgIpc) is 3.26. The molecule has 290 valence electrons. The van der Waals surface area contributed by atoms with Crippen molar-refractivity contribution in [3.63, 3.8) is 0 Å². The van der Waals surface area contributed by atoms with Crippen molar-refractivity contribution in [2.75, 3.05) is 0 Å². The number of phenols is 4. The van der Waals surface area contributed by atoms with Crippen LogP contribution < -0.4 is 0 Å². The molecule has 0 aliphatic carbocycles. The average molecular weight is 739 g/mol. The summed E-state index contributed by atoms with van der Waals surface area (Å²) in [5.41, 5.74) is 5.66. The fourth-order valence-electron chi connectivity index (χ4n) is 5.41. The van der Waals surface area contributed by atoms with Crippen molar-refractivity contribution in [1.82, 2.24) is 0 Å². The van der Waals surface area contributed by atoms with E-state index in [1.54, 1.807) is 48.5 Å². The summed E-state index contributed by atoms with van der Waals surface area (Å²) < 4.78 is 0. The van der Waals surface area contributed by atoms with Crippen LogP contribution in [0.25, 0.3) is 10.8 Å². The van der Waals surface area contributed by atoms with Gasteiger partial charge in [0, 0.05) is 11.8 Å². The Labute approximate surface area is 331 Å². The van der Waals surface area contributed by atoms with E-state index in [0.29, 0.717) is 0 Å². The first-order valence-electron chi connectivity index (χ1n) is 19.5. The highest BCUT2D eigenvalue weighted by Gasteiger charge is 2.16. The zero-order chi connectivity index (χ0) is 41.0. The summed E-state index contributed by atoms with van der Waals surface area (Å²) in [4.78, 5) is 0. The first kappa shape index (κ1) is 47.0. The number of rotatable bonds is 5. The van der Waals surface area contributed by atoms with Crippen molar-refractivity contribution in [1.29, 1.82) is 0 Å². The van der Waals surface area contributed by atoms with Crippen LogP contribution in [0.15, 0.2) is 176 Å². The maximum Gasteiger partial charge on any atom is 0.115 e. The van der Waals surface area contributed by atoms with Gasteiger partial charge in [-0.15, -0.1) is 0 Å². The van der Waals surface area contributed by atoms with Crippen LogP contribution in [0.5, 0.6) is 23.0 Å². The molecule has 7 rings (SSSR count). The standard InChI is InChI=1S/C19H16O2.C14H14O2.C10H8.4C2H6/c20-17-10-6-15(7-11-17)19(14-4-2-1-3-5-14)16-8-12-18(21)13-9-16;1-10(11-2-6-13(15)7-3-11)12-4-8-14(16)9-5-12;1-2-6-10-8-4-3-7-9(10)5-1;4*1-2/h1-13,19-21H;2-10,15-16H,1H3;1-8H;4*1-2H3. The molecule has 0 heterocycles. The van der Waals surface area contributed by atoms with Crippen LogP contribution in [0.2, 0.25) is 0 Å². The van der Waals surface area contributed by atoms with Gasteiger partial charge in [-0.3, -0.25) is 0 Å². The number of aromatic hydroxyl groups is 4. The van der Waals surface area contributed by atoms with Gasteiger partial charge >= 0.3 is 0 Å². The molecule has 7 aromatic carbocycles. The van der Waals surface area contributed by atoms with Crippen LogP contribution >= 0.6 is 0 Å². The summed E-state index contributed by atoms with van der Waals surface area (Å²) in [7, 11) is 0. The van der Waals surface area contributed by atoms with Crippen molar-refractivity contribution in [3.8, 4) is 23.0 Å². The SMILES string of the molecule is CC.CC.CC.CC.CC(c1ccc(O)cc1)c1ccc(O)cc1.Oc1ccc(C(c2ccccc2)c2ccc(O)cc2)cc1.c1ccc2ccccc2c1. The van der Waals surface area contributed by atoms with Gasteiger partial charge in [-0.1, -0.05) is 190 Å². The minimum absolute atomic E-state index is 0.0763. The Balaban J connectivity index is 0.000000394. The zero-order valence-corrected chi connectivity index (χ0v) is 34.2. The maximum absolute atomic E-state index is 9.48. The lowest BCUT2D eigenvalue weighted by atomic mass is 9.85. The molecule has 4 N–H and O–H groups in total. The van der Waals surface area contributed by atoms with E-state index >= 15 is 0 Å². The predicted molar refractivity (Wildman–Crippen MR) is 237 cm³/mol. The number of hydrogen-bond acceptors (Lipinski definition) is 4. The molecule has 0 saturated carbocycles. The molecule has 0 aromatic heterocycles. The second kappa shape index (κ2) is 27.6. The molecule has 7 aromatic rings. The quantitative estimate of drug-likeness (QED) is 0.133. The third-order valence-electron chi connectivity index (χ3n) is 8.03. The van der Waals surface area contributed by atoms with E-state index in [-0.39, 0.29) is 34.8 Å². The molecule has 0 radical (unpaired) electrons. The molecule has 4 heteroatoms. The number of hydrogen-bond donors (Lipinski definition) is 4. The van der Waals surface area contributed by atoms with E-state index in [0.717, 1.165) is 22.3 Å². The van der Waals surface area contributed by atoms with Crippen LogP contribution in [0.3, 0.4) is 0 Å². The van der Waals surface area contributed by atoms with Crippen LogP contribution in [0.1, 0.15) is 102 Å². The minimum atomic E-state index is 0.0763. The lowest BCUT2D eigenvalue weighted by Gasteiger charge is -2.19. The third-order valence-corrected chi connectivity index (χ3v) is 8.03. The molecular formula is C51H62O4. The highest BCUT2D eigenvalue weighted by molar-refractivity contribution is 5.82. The van der Waals surface area contributed by atoms with Crippen molar-refractivity contribution in [2.24, 2.45) is 0 Å². The minimum Gasteiger partial charge on any atom is -0.508 e. The predicted octanol–water partition coefficient (Wildman–Crippen LogP) is 14.5. The molecule has 0 spiro atoms. The van der Waals surface area contributed by atoms with Crippen molar-refractivity contribution < 1.29 is 20.4 Å². The number of fused-ring (bicyclic) bond motifs is 1. The van der Waals surface area contributed by atoms with Gasteiger partial charge in [0.05, 0.1) is 0 Å². The second-order valence-corrected chi connectivity index (χ2v) is 11.3. The van der Waals surface area contributed by atoms with Crippen molar-refractivity contribution in [2.45, 2.75) is 74.1 Å². The Kier molecular flexibility index (Phi) is 23.6. The third kappa shape index (κ3) is 15.9. The van der Waals surface area contributed by atoms with E-state index < -0.39 is 0 Å². The van der Waals surface area contributed by atoms with Gasteiger partial charge in [-0.2, -0.15) is 0 Å². The molecule has 0 aliphatic rings. The van der Waals surface area contributed by atoms with E-state index in [4.69, 9.17) is 0 Å². The fourth-order valence-corrected chi connectivity index (χ4v) is 5.41. The molecular weight excluding hydrogens is 677 g/mol. The van der Waals surface area contributed by atoms with E-state index in [9.17, 15) is 20.4 Å². The van der Waals surface area contributed by atoms with Crippen LogP contribution in [-0.2, 0) is 0 Å². The fraction of sp³-hybridized carbons (Fsp3) is 0.216. The van der Waals surface area contributed by atoms with E-state index in [1.165, 1.54) is 16.3 Å². The molecule has 55 heavy (non-hydrogen) atoms. The Hall–Kier alpha value is -6.00. The van der Waals surface area contributed by atoms with Gasteiger partial charge in [0.25, 0.3) is 0 Å².